The number of rotatable bonds is 3. The number of carbonyl (C=O) groups excluding carboxylic acids is 1. The van der Waals surface area contributed by atoms with Gasteiger partial charge in [0.1, 0.15) is 17.3 Å². The molecule has 0 spiro atoms. The van der Waals surface area contributed by atoms with Crippen molar-refractivity contribution >= 4 is 5.97 Å². The highest BCUT2D eigenvalue weighted by atomic mass is 19.1. The van der Waals surface area contributed by atoms with Gasteiger partial charge >= 0.3 is 5.97 Å². The molecule has 0 aliphatic rings. The van der Waals surface area contributed by atoms with Crippen molar-refractivity contribution in [3.05, 3.63) is 71.3 Å². The first kappa shape index (κ1) is 14.9. The van der Waals surface area contributed by atoms with Gasteiger partial charge in [-0.2, -0.15) is 0 Å². The quantitative estimate of drug-likeness (QED) is 0.550. The lowest BCUT2D eigenvalue weighted by Crippen LogP contribution is -2.11. The number of aryl methyl sites for hydroxylation is 1. The first-order valence-electron chi connectivity index (χ1n) is 7.02. The summed E-state index contributed by atoms with van der Waals surface area (Å²) in [5, 5.41) is 7.67. The average molecular weight is 311 g/mol. The molecule has 3 rings (SSSR count). The Balaban J connectivity index is 1.88. The van der Waals surface area contributed by atoms with Crippen molar-refractivity contribution in [1.29, 1.82) is 0 Å². The zero-order chi connectivity index (χ0) is 16.4. The highest BCUT2D eigenvalue weighted by Crippen LogP contribution is 2.18. The summed E-state index contributed by atoms with van der Waals surface area (Å²) in [4.78, 5) is 12.2. The van der Waals surface area contributed by atoms with E-state index in [0.29, 0.717) is 11.4 Å². The van der Waals surface area contributed by atoms with Gasteiger partial charge < -0.3 is 4.74 Å². The van der Waals surface area contributed by atoms with Crippen molar-refractivity contribution in [3.63, 3.8) is 0 Å². The Morgan fingerprint density at radius 1 is 1.09 bits per heavy atom. The number of nitrogens with zero attached hydrogens (tertiary/aromatic N) is 3. The first-order valence-corrected chi connectivity index (χ1v) is 7.02. The zero-order valence-electron chi connectivity index (χ0n) is 12.7. The van der Waals surface area contributed by atoms with Gasteiger partial charge in [-0.15, -0.1) is 5.10 Å². The number of halogens is 1. The number of carbonyl (C=O) groups is 1. The second kappa shape index (κ2) is 6.00. The van der Waals surface area contributed by atoms with Gasteiger partial charge in [0.15, 0.2) is 5.69 Å². The predicted molar refractivity (Wildman–Crippen MR) is 82.2 cm³/mol. The Bertz CT molecular complexity index is 857. The van der Waals surface area contributed by atoms with Crippen LogP contribution in [0.25, 0.3) is 5.69 Å². The van der Waals surface area contributed by atoms with E-state index in [1.807, 2.05) is 19.1 Å². The molecule has 1 heterocycles. The third-order valence-corrected chi connectivity index (χ3v) is 3.40. The Morgan fingerprint density at radius 3 is 2.48 bits per heavy atom. The summed E-state index contributed by atoms with van der Waals surface area (Å²) >= 11 is 0. The van der Waals surface area contributed by atoms with Gasteiger partial charge in [-0.1, -0.05) is 35.0 Å². The lowest BCUT2D eigenvalue weighted by Gasteiger charge is -2.05. The molecule has 0 aliphatic heterocycles. The maximum Gasteiger partial charge on any atom is 0.366 e. The summed E-state index contributed by atoms with van der Waals surface area (Å²) in [5.41, 5.74) is 1.75. The van der Waals surface area contributed by atoms with E-state index in [1.165, 1.54) is 10.7 Å². The maximum atomic E-state index is 13.8. The maximum absolute atomic E-state index is 13.8. The fraction of sp³-hybridized carbons (Fsp3) is 0.118. The smallest absolute Gasteiger partial charge is 0.366 e. The van der Waals surface area contributed by atoms with Crippen LogP contribution in [0.1, 0.15) is 21.7 Å². The summed E-state index contributed by atoms with van der Waals surface area (Å²) < 4.78 is 20.4. The van der Waals surface area contributed by atoms with E-state index in [9.17, 15) is 9.18 Å². The molecule has 23 heavy (non-hydrogen) atoms. The fourth-order valence-electron chi connectivity index (χ4n) is 2.13. The normalized spacial score (nSPS) is 10.6. The molecule has 0 unspecified atom stereocenters. The second-order valence-corrected chi connectivity index (χ2v) is 5.09. The van der Waals surface area contributed by atoms with Crippen molar-refractivity contribution in [3.8, 4) is 11.4 Å². The minimum atomic E-state index is -0.631. The topological polar surface area (TPSA) is 57.0 Å². The number of para-hydroxylation sites is 1. The summed E-state index contributed by atoms with van der Waals surface area (Å²) in [6.07, 6.45) is 0. The van der Waals surface area contributed by atoms with Crippen molar-refractivity contribution < 1.29 is 13.9 Å². The molecule has 0 N–H and O–H groups in total. The van der Waals surface area contributed by atoms with Gasteiger partial charge in [0.2, 0.25) is 0 Å². The number of aromatic nitrogens is 3. The molecule has 0 amide bonds. The number of esters is 1. The van der Waals surface area contributed by atoms with Gasteiger partial charge in [0.25, 0.3) is 0 Å². The van der Waals surface area contributed by atoms with Crippen LogP contribution in [-0.4, -0.2) is 21.0 Å². The molecular formula is C17H14FN3O2. The molecule has 0 radical (unpaired) electrons. The van der Waals surface area contributed by atoms with Crippen LogP contribution in [0.4, 0.5) is 4.39 Å². The lowest BCUT2D eigenvalue weighted by molar-refractivity contribution is 0.0727. The Kier molecular flexibility index (Phi) is 3.89. The van der Waals surface area contributed by atoms with Crippen molar-refractivity contribution in [2.45, 2.75) is 13.8 Å². The SMILES string of the molecule is Cc1ccc(OC(=O)c2nnn(-c3ccccc3F)c2C)cc1. The number of hydrogen-bond donors (Lipinski definition) is 0. The molecule has 0 bridgehead atoms. The standard InChI is InChI=1S/C17H14FN3O2/c1-11-7-9-13(10-8-11)23-17(22)16-12(2)21(20-19-16)15-6-4-3-5-14(15)18/h3-10H,1-2H3. The zero-order valence-corrected chi connectivity index (χ0v) is 12.7. The van der Waals surface area contributed by atoms with E-state index in [1.54, 1.807) is 37.3 Å². The largest absolute Gasteiger partial charge is 0.422 e. The van der Waals surface area contributed by atoms with Crippen LogP contribution in [0.2, 0.25) is 0 Å². The van der Waals surface area contributed by atoms with Crippen LogP contribution in [0.15, 0.2) is 48.5 Å². The minimum Gasteiger partial charge on any atom is -0.422 e. The van der Waals surface area contributed by atoms with E-state index in [4.69, 9.17) is 4.74 Å². The van der Waals surface area contributed by atoms with Gasteiger partial charge in [-0.25, -0.2) is 13.9 Å². The number of hydrogen-bond acceptors (Lipinski definition) is 4. The molecule has 3 aromatic rings. The van der Waals surface area contributed by atoms with E-state index in [0.717, 1.165) is 5.56 Å². The van der Waals surface area contributed by atoms with Crippen LogP contribution in [0.3, 0.4) is 0 Å². The number of benzene rings is 2. The summed E-state index contributed by atoms with van der Waals surface area (Å²) in [5.74, 6) is -0.659. The molecular weight excluding hydrogens is 297 g/mol. The van der Waals surface area contributed by atoms with Gasteiger partial charge in [0.05, 0.1) is 5.69 Å². The van der Waals surface area contributed by atoms with E-state index < -0.39 is 11.8 Å². The third kappa shape index (κ3) is 2.96. The highest BCUT2D eigenvalue weighted by Gasteiger charge is 2.20. The fourth-order valence-corrected chi connectivity index (χ4v) is 2.13. The monoisotopic (exact) mass is 311 g/mol. The van der Waals surface area contributed by atoms with E-state index in [-0.39, 0.29) is 11.4 Å². The molecule has 0 saturated heterocycles. The third-order valence-electron chi connectivity index (χ3n) is 3.40. The first-order chi connectivity index (χ1) is 11.1. The number of ether oxygens (including phenoxy) is 1. The second-order valence-electron chi connectivity index (χ2n) is 5.09. The Hall–Kier alpha value is -3.02. The molecule has 0 aliphatic carbocycles. The van der Waals surface area contributed by atoms with Crippen LogP contribution in [0, 0.1) is 19.7 Å². The lowest BCUT2D eigenvalue weighted by atomic mass is 10.2. The van der Waals surface area contributed by atoms with Crippen LogP contribution >= 0.6 is 0 Å². The van der Waals surface area contributed by atoms with Gasteiger partial charge in [0, 0.05) is 0 Å². The van der Waals surface area contributed by atoms with Crippen molar-refractivity contribution in [2.24, 2.45) is 0 Å². The molecule has 0 fully saturated rings. The van der Waals surface area contributed by atoms with Crippen molar-refractivity contribution in [2.75, 3.05) is 0 Å². The molecule has 6 heteroatoms. The highest BCUT2D eigenvalue weighted by molar-refractivity contribution is 5.90. The van der Waals surface area contributed by atoms with E-state index in [2.05, 4.69) is 10.3 Å². The Morgan fingerprint density at radius 2 is 1.78 bits per heavy atom. The summed E-state index contributed by atoms with van der Waals surface area (Å²) in [7, 11) is 0. The summed E-state index contributed by atoms with van der Waals surface area (Å²) in [6.45, 7) is 3.58. The average Bonchev–Trinajstić information content (AvgIpc) is 2.92. The van der Waals surface area contributed by atoms with Gasteiger partial charge in [-0.3, -0.25) is 0 Å². The predicted octanol–water partition coefficient (Wildman–Crippen LogP) is 3.24. The van der Waals surface area contributed by atoms with Crippen molar-refractivity contribution in [1.82, 2.24) is 15.0 Å². The molecule has 116 valence electrons. The molecule has 5 nitrogen and oxygen atoms in total. The molecule has 0 saturated carbocycles. The van der Waals surface area contributed by atoms with Crippen LogP contribution in [0.5, 0.6) is 5.75 Å². The Labute approximate surface area is 132 Å². The van der Waals surface area contributed by atoms with Gasteiger partial charge in [-0.05, 0) is 38.1 Å². The molecule has 1 aromatic heterocycles. The van der Waals surface area contributed by atoms with E-state index >= 15 is 0 Å². The molecule has 0 atom stereocenters. The summed E-state index contributed by atoms with van der Waals surface area (Å²) in [6, 6.07) is 13.2. The minimum absolute atomic E-state index is 0.0498. The van der Waals surface area contributed by atoms with Crippen LogP contribution < -0.4 is 4.74 Å². The molecule has 2 aromatic carbocycles. The van der Waals surface area contributed by atoms with Crippen LogP contribution in [-0.2, 0) is 0 Å².